The van der Waals surface area contributed by atoms with E-state index in [1.165, 1.54) is 6.07 Å². The Bertz CT molecular complexity index is 932. The Hall–Kier alpha value is -2.50. The number of halogens is 3. The van der Waals surface area contributed by atoms with Gasteiger partial charge in [0.1, 0.15) is 17.5 Å². The van der Waals surface area contributed by atoms with E-state index in [1.54, 1.807) is 6.92 Å². The van der Waals surface area contributed by atoms with E-state index in [2.05, 4.69) is 22.5 Å². The molecule has 3 nitrogen and oxygen atoms in total. The van der Waals surface area contributed by atoms with Gasteiger partial charge in [0.15, 0.2) is 0 Å². The smallest absolute Gasteiger partial charge is 0.149 e. The zero-order valence-electron chi connectivity index (χ0n) is 17.5. The number of aromatic nitrogens is 1. The lowest BCUT2D eigenvalue weighted by molar-refractivity contribution is 0.534. The molecule has 0 saturated carbocycles. The van der Waals surface area contributed by atoms with Gasteiger partial charge in [-0.15, -0.1) is 0 Å². The summed E-state index contributed by atoms with van der Waals surface area (Å²) in [5.74, 6) is -1.92. The molecule has 2 atom stereocenters. The topological polar surface area (TPSA) is 37.0 Å². The van der Waals surface area contributed by atoms with E-state index in [0.29, 0.717) is 11.7 Å². The fraction of sp³-hybridized carbons (Fsp3) is 0.435. The van der Waals surface area contributed by atoms with Crippen LogP contribution in [0.4, 0.5) is 13.2 Å². The molecule has 1 aromatic carbocycles. The van der Waals surface area contributed by atoms with Gasteiger partial charge >= 0.3 is 0 Å². The van der Waals surface area contributed by atoms with Crippen molar-refractivity contribution in [1.82, 2.24) is 15.6 Å². The molecular formula is C23H28F3N3. The first kappa shape index (κ1) is 21.2. The Kier molecular flexibility index (Phi) is 5.92. The third-order valence-electron chi connectivity index (χ3n) is 5.32. The Balaban J connectivity index is 1.90. The lowest BCUT2D eigenvalue weighted by atomic mass is 9.89. The molecule has 0 amide bonds. The SMILES string of the molecule is CCC1CC(NC(C)c2cc(F)c(-c3cc(C(C)(C)C)ncc3F)cc2F)=CN1. The first-order chi connectivity index (χ1) is 13.6. The summed E-state index contributed by atoms with van der Waals surface area (Å²) in [7, 11) is 0. The molecule has 0 radical (unpaired) electrons. The number of pyridine rings is 1. The van der Waals surface area contributed by atoms with Crippen molar-refractivity contribution in [2.75, 3.05) is 0 Å². The van der Waals surface area contributed by atoms with Crippen LogP contribution < -0.4 is 10.6 Å². The van der Waals surface area contributed by atoms with Crippen LogP contribution in [0, 0.1) is 17.5 Å². The summed E-state index contributed by atoms with van der Waals surface area (Å²) < 4.78 is 44.2. The largest absolute Gasteiger partial charge is 0.386 e. The van der Waals surface area contributed by atoms with Crippen LogP contribution in [0.3, 0.4) is 0 Å². The monoisotopic (exact) mass is 403 g/mol. The van der Waals surface area contributed by atoms with E-state index in [9.17, 15) is 13.2 Å². The maximum Gasteiger partial charge on any atom is 0.149 e. The second-order valence-electron chi connectivity index (χ2n) is 8.66. The van der Waals surface area contributed by atoms with Gasteiger partial charge in [0.05, 0.1) is 12.2 Å². The summed E-state index contributed by atoms with van der Waals surface area (Å²) in [6.45, 7) is 9.66. The minimum Gasteiger partial charge on any atom is -0.386 e. The molecule has 0 spiro atoms. The van der Waals surface area contributed by atoms with Gasteiger partial charge in [-0.3, -0.25) is 4.98 Å². The molecule has 1 aliphatic rings. The molecule has 2 aromatic rings. The molecule has 2 N–H and O–H groups in total. The number of benzene rings is 1. The van der Waals surface area contributed by atoms with Crippen LogP contribution in [-0.2, 0) is 5.41 Å². The minimum atomic E-state index is -0.678. The fourth-order valence-electron chi connectivity index (χ4n) is 3.48. The van der Waals surface area contributed by atoms with E-state index in [1.807, 2.05) is 27.0 Å². The van der Waals surface area contributed by atoms with Crippen LogP contribution in [0.25, 0.3) is 11.1 Å². The maximum atomic E-state index is 14.9. The lowest BCUT2D eigenvalue weighted by Gasteiger charge is -2.20. The number of hydrogen-bond donors (Lipinski definition) is 2. The van der Waals surface area contributed by atoms with Gasteiger partial charge in [-0.25, -0.2) is 13.2 Å². The van der Waals surface area contributed by atoms with Gasteiger partial charge in [-0.2, -0.15) is 0 Å². The average Bonchev–Trinajstić information content (AvgIpc) is 3.10. The number of nitrogens with one attached hydrogen (secondary N) is 2. The van der Waals surface area contributed by atoms with Crippen LogP contribution in [0.1, 0.15) is 64.8 Å². The van der Waals surface area contributed by atoms with Gasteiger partial charge in [-0.1, -0.05) is 27.7 Å². The molecule has 1 aromatic heterocycles. The number of rotatable bonds is 5. The predicted octanol–water partition coefficient (Wildman–Crippen LogP) is 5.73. The van der Waals surface area contributed by atoms with E-state index >= 15 is 0 Å². The summed E-state index contributed by atoms with van der Waals surface area (Å²) in [6, 6.07) is 3.66. The molecule has 1 aliphatic heterocycles. The molecule has 29 heavy (non-hydrogen) atoms. The van der Waals surface area contributed by atoms with Crippen molar-refractivity contribution < 1.29 is 13.2 Å². The normalized spacial score (nSPS) is 17.7. The van der Waals surface area contributed by atoms with Crippen molar-refractivity contribution in [2.24, 2.45) is 0 Å². The predicted molar refractivity (Wildman–Crippen MR) is 110 cm³/mol. The number of nitrogens with zero attached hydrogens (tertiary/aromatic N) is 1. The highest BCUT2D eigenvalue weighted by atomic mass is 19.1. The van der Waals surface area contributed by atoms with Crippen molar-refractivity contribution in [3.8, 4) is 11.1 Å². The van der Waals surface area contributed by atoms with E-state index in [-0.39, 0.29) is 22.1 Å². The summed E-state index contributed by atoms with van der Waals surface area (Å²) >= 11 is 0. The van der Waals surface area contributed by atoms with Crippen molar-refractivity contribution in [2.45, 2.75) is 65.0 Å². The van der Waals surface area contributed by atoms with Crippen LogP contribution in [0.2, 0.25) is 0 Å². The molecule has 0 aliphatic carbocycles. The summed E-state index contributed by atoms with van der Waals surface area (Å²) in [5, 5.41) is 6.49. The highest BCUT2D eigenvalue weighted by Gasteiger charge is 2.23. The Morgan fingerprint density at radius 2 is 1.79 bits per heavy atom. The fourth-order valence-corrected chi connectivity index (χ4v) is 3.48. The van der Waals surface area contributed by atoms with E-state index in [0.717, 1.165) is 36.9 Å². The zero-order chi connectivity index (χ0) is 21.3. The lowest BCUT2D eigenvalue weighted by Crippen LogP contribution is -2.20. The van der Waals surface area contributed by atoms with Crippen LogP contribution >= 0.6 is 0 Å². The standard InChI is InChI=1S/C23H28F3N3/c1-6-14-7-15(11-27-14)29-13(2)16-8-20(25)17(9-19(16)24)18-10-22(23(3,4)5)28-12-21(18)26/h8-14,27,29H,6-7H2,1-5H3. The molecule has 0 saturated heterocycles. The molecule has 6 heteroatoms. The molecular weight excluding hydrogens is 375 g/mol. The van der Waals surface area contributed by atoms with Gasteiger partial charge in [0.25, 0.3) is 0 Å². The van der Waals surface area contributed by atoms with Gasteiger partial charge in [-0.05, 0) is 31.5 Å². The highest BCUT2D eigenvalue weighted by Crippen LogP contribution is 2.32. The van der Waals surface area contributed by atoms with Crippen LogP contribution in [0.15, 0.2) is 36.3 Å². The van der Waals surface area contributed by atoms with Crippen LogP contribution in [0.5, 0.6) is 0 Å². The van der Waals surface area contributed by atoms with Crippen LogP contribution in [-0.4, -0.2) is 11.0 Å². The third kappa shape index (κ3) is 4.57. The summed E-state index contributed by atoms with van der Waals surface area (Å²) in [4.78, 5) is 4.09. The van der Waals surface area contributed by atoms with Gasteiger partial charge < -0.3 is 10.6 Å². The summed E-state index contributed by atoms with van der Waals surface area (Å²) in [5.41, 5.74) is 1.35. The van der Waals surface area contributed by atoms with Crippen molar-refractivity contribution >= 4 is 0 Å². The molecule has 3 rings (SSSR count). The molecule has 156 valence electrons. The Morgan fingerprint density at radius 1 is 1.10 bits per heavy atom. The third-order valence-corrected chi connectivity index (χ3v) is 5.32. The Morgan fingerprint density at radius 3 is 2.41 bits per heavy atom. The molecule has 2 unspecified atom stereocenters. The first-order valence-corrected chi connectivity index (χ1v) is 9.97. The van der Waals surface area contributed by atoms with Crippen molar-refractivity contribution in [3.63, 3.8) is 0 Å². The highest BCUT2D eigenvalue weighted by molar-refractivity contribution is 5.66. The molecule has 2 heterocycles. The summed E-state index contributed by atoms with van der Waals surface area (Å²) in [6.07, 6.45) is 4.76. The van der Waals surface area contributed by atoms with Gasteiger partial charge in [0, 0.05) is 52.2 Å². The first-order valence-electron chi connectivity index (χ1n) is 9.97. The molecule has 0 bridgehead atoms. The van der Waals surface area contributed by atoms with E-state index in [4.69, 9.17) is 0 Å². The zero-order valence-corrected chi connectivity index (χ0v) is 17.5. The van der Waals surface area contributed by atoms with Crippen molar-refractivity contribution in [3.05, 3.63) is 65.0 Å². The second kappa shape index (κ2) is 8.09. The number of hydrogen-bond acceptors (Lipinski definition) is 3. The van der Waals surface area contributed by atoms with Crippen molar-refractivity contribution in [1.29, 1.82) is 0 Å². The van der Waals surface area contributed by atoms with Gasteiger partial charge in [0.2, 0.25) is 0 Å². The Labute approximate surface area is 170 Å². The molecule has 0 fully saturated rings. The second-order valence-corrected chi connectivity index (χ2v) is 8.66. The quantitative estimate of drug-likeness (QED) is 0.670. The average molecular weight is 403 g/mol. The minimum absolute atomic E-state index is 0.0157. The maximum absolute atomic E-state index is 14.9. The van der Waals surface area contributed by atoms with E-state index < -0.39 is 23.5 Å².